The second-order valence-electron chi connectivity index (χ2n) is 7.08. The average Bonchev–Trinajstić information content (AvgIpc) is 3.17. The molecule has 0 spiro atoms. The smallest absolute Gasteiger partial charge is 0.410 e. The number of hydrogen-bond acceptors (Lipinski definition) is 4. The van der Waals surface area contributed by atoms with Gasteiger partial charge >= 0.3 is 6.18 Å². The number of benzene rings is 2. The van der Waals surface area contributed by atoms with Crippen molar-refractivity contribution in [2.45, 2.75) is 24.7 Å². The van der Waals surface area contributed by atoms with Crippen LogP contribution in [0.4, 0.5) is 24.7 Å². The number of methoxy groups -OCH3 is 1. The van der Waals surface area contributed by atoms with Gasteiger partial charge in [-0.1, -0.05) is 23.7 Å². The zero-order valence-electron chi connectivity index (χ0n) is 16.3. The summed E-state index contributed by atoms with van der Waals surface area (Å²) in [5.41, 5.74) is 1.01. The summed E-state index contributed by atoms with van der Waals surface area (Å²) in [6.45, 7) is 0. The van der Waals surface area contributed by atoms with Gasteiger partial charge in [0.2, 0.25) is 0 Å². The van der Waals surface area contributed by atoms with Gasteiger partial charge in [-0.05, 0) is 42.0 Å². The molecular weight excluding hydrogens is 433 g/mol. The van der Waals surface area contributed by atoms with Crippen LogP contribution in [0.3, 0.4) is 0 Å². The van der Waals surface area contributed by atoms with Gasteiger partial charge in [0.15, 0.2) is 11.7 Å². The fraction of sp³-hybridized carbons (Fsp3) is 0.238. The van der Waals surface area contributed by atoms with Crippen molar-refractivity contribution in [3.05, 3.63) is 70.9 Å². The number of ether oxygens (including phenoxy) is 1. The predicted molar refractivity (Wildman–Crippen MR) is 111 cm³/mol. The summed E-state index contributed by atoms with van der Waals surface area (Å²) in [6.07, 6.45) is -4.80. The van der Waals surface area contributed by atoms with E-state index in [-0.39, 0.29) is 17.9 Å². The van der Waals surface area contributed by atoms with E-state index in [0.29, 0.717) is 22.0 Å². The Hall–Kier alpha value is -3.20. The highest BCUT2D eigenvalue weighted by Gasteiger charge is 2.46. The summed E-state index contributed by atoms with van der Waals surface area (Å²) < 4.78 is 47.2. The third kappa shape index (κ3) is 4.46. The van der Waals surface area contributed by atoms with Gasteiger partial charge in [0, 0.05) is 23.2 Å². The van der Waals surface area contributed by atoms with E-state index in [9.17, 15) is 18.0 Å². The van der Waals surface area contributed by atoms with Crippen molar-refractivity contribution < 1.29 is 22.7 Å². The average molecular weight is 451 g/mol. The van der Waals surface area contributed by atoms with Crippen LogP contribution in [-0.2, 0) is 0 Å². The third-order valence-electron chi connectivity index (χ3n) is 5.04. The van der Waals surface area contributed by atoms with Gasteiger partial charge in [0.05, 0.1) is 13.2 Å². The van der Waals surface area contributed by atoms with Gasteiger partial charge in [-0.2, -0.15) is 18.3 Å². The van der Waals surface area contributed by atoms with Gasteiger partial charge in [0.1, 0.15) is 11.6 Å². The Bertz CT molecular complexity index is 1080. The van der Waals surface area contributed by atoms with Crippen LogP contribution in [0, 0.1) is 0 Å². The van der Waals surface area contributed by atoms with Crippen LogP contribution in [0.15, 0.2) is 54.6 Å². The minimum Gasteiger partial charge on any atom is -0.497 e. The highest BCUT2D eigenvalue weighted by molar-refractivity contribution is 6.30. The summed E-state index contributed by atoms with van der Waals surface area (Å²) in [4.78, 5) is 12.6. The number of aromatic nitrogens is 2. The van der Waals surface area contributed by atoms with E-state index < -0.39 is 24.2 Å². The minimum absolute atomic E-state index is 0.119. The maximum atomic E-state index is 13.8. The van der Waals surface area contributed by atoms with Crippen molar-refractivity contribution in [3.63, 3.8) is 0 Å². The Morgan fingerprint density at radius 2 is 1.87 bits per heavy atom. The predicted octanol–water partition coefficient (Wildman–Crippen LogP) is 5.46. The van der Waals surface area contributed by atoms with Gasteiger partial charge in [-0.15, -0.1) is 0 Å². The first kappa shape index (κ1) is 21.0. The molecule has 162 valence electrons. The molecule has 2 aromatic carbocycles. The van der Waals surface area contributed by atoms with Crippen molar-refractivity contribution in [2.24, 2.45) is 0 Å². The lowest BCUT2D eigenvalue weighted by molar-refractivity contribution is -0.173. The number of hydrogen-bond donors (Lipinski definition) is 2. The van der Waals surface area contributed by atoms with Crippen molar-refractivity contribution in [1.29, 1.82) is 0 Å². The van der Waals surface area contributed by atoms with Crippen LogP contribution in [0.25, 0.3) is 0 Å². The van der Waals surface area contributed by atoms with Crippen molar-refractivity contribution >= 4 is 29.0 Å². The van der Waals surface area contributed by atoms with E-state index in [1.807, 2.05) is 0 Å². The van der Waals surface area contributed by atoms with Crippen LogP contribution in [0.2, 0.25) is 5.02 Å². The Balaban J connectivity index is 1.61. The van der Waals surface area contributed by atoms with E-state index in [1.165, 1.54) is 13.2 Å². The van der Waals surface area contributed by atoms with Crippen molar-refractivity contribution in [3.8, 4) is 5.75 Å². The molecule has 2 atom stereocenters. The molecule has 0 saturated carbocycles. The maximum Gasteiger partial charge on any atom is 0.410 e. The van der Waals surface area contributed by atoms with Gasteiger partial charge in [-0.25, -0.2) is 4.68 Å². The number of halogens is 4. The summed E-state index contributed by atoms with van der Waals surface area (Å²) in [5.74, 6) is 0.118. The molecule has 0 radical (unpaired) electrons. The molecule has 0 fully saturated rings. The molecule has 2 N–H and O–H groups in total. The van der Waals surface area contributed by atoms with E-state index in [2.05, 4.69) is 15.7 Å². The normalized spacial score (nSPS) is 18.1. The summed E-state index contributed by atoms with van der Waals surface area (Å²) >= 11 is 5.89. The molecule has 0 bridgehead atoms. The monoisotopic (exact) mass is 450 g/mol. The second kappa shape index (κ2) is 8.14. The molecule has 3 aromatic rings. The lowest BCUT2D eigenvalue weighted by Crippen LogP contribution is -2.35. The molecule has 0 saturated heterocycles. The molecule has 0 aliphatic carbocycles. The van der Waals surface area contributed by atoms with Gasteiger partial charge < -0.3 is 15.4 Å². The number of anilines is 2. The molecule has 1 aliphatic heterocycles. The number of carbonyl (C=O) groups excluding carboxylic acids is 1. The molecule has 4 rings (SSSR count). The molecule has 31 heavy (non-hydrogen) atoms. The van der Waals surface area contributed by atoms with Crippen LogP contribution < -0.4 is 15.4 Å². The fourth-order valence-electron chi connectivity index (χ4n) is 3.47. The topological polar surface area (TPSA) is 68.2 Å². The maximum absolute atomic E-state index is 13.8. The van der Waals surface area contributed by atoms with E-state index in [1.54, 1.807) is 48.5 Å². The van der Waals surface area contributed by atoms with Gasteiger partial charge in [-0.3, -0.25) is 4.79 Å². The summed E-state index contributed by atoms with van der Waals surface area (Å²) in [5, 5.41) is 10.1. The highest BCUT2D eigenvalue weighted by atomic mass is 35.5. The quantitative estimate of drug-likeness (QED) is 0.554. The minimum atomic E-state index is -4.53. The molecule has 1 aliphatic rings. The Morgan fingerprint density at radius 3 is 2.48 bits per heavy atom. The number of rotatable bonds is 4. The van der Waals surface area contributed by atoms with E-state index in [0.717, 1.165) is 4.68 Å². The van der Waals surface area contributed by atoms with Crippen LogP contribution >= 0.6 is 11.6 Å². The Kier molecular flexibility index (Phi) is 5.53. The molecule has 10 heteroatoms. The van der Waals surface area contributed by atoms with Crippen LogP contribution in [0.1, 0.15) is 34.6 Å². The zero-order valence-corrected chi connectivity index (χ0v) is 17.0. The standard InChI is InChI=1S/C21H18ClF3N4O2/c1-31-15-8-6-14(7-9-15)26-20(30)17-11-19-27-16(12-2-4-13(22)5-3-12)10-18(21(23,24)25)29(19)28-17/h2-9,11,16,18,27H,10H2,1H3,(H,26,30)/t16-,18-/m0/s1. The van der Waals surface area contributed by atoms with Gasteiger partial charge in [0.25, 0.3) is 5.91 Å². The van der Waals surface area contributed by atoms with Crippen LogP contribution in [0.5, 0.6) is 5.75 Å². The lowest BCUT2D eigenvalue weighted by Gasteiger charge is -2.33. The molecule has 0 unspecified atom stereocenters. The first-order chi connectivity index (χ1) is 14.7. The lowest BCUT2D eigenvalue weighted by atomic mass is 9.97. The van der Waals surface area contributed by atoms with Crippen molar-refractivity contribution in [1.82, 2.24) is 9.78 Å². The molecule has 6 nitrogen and oxygen atoms in total. The SMILES string of the molecule is COc1ccc(NC(=O)c2cc3n(n2)[C@H](C(F)(F)F)C[C@@H](c2ccc(Cl)cc2)N3)cc1. The van der Waals surface area contributed by atoms with Crippen LogP contribution in [-0.4, -0.2) is 29.0 Å². The number of alkyl halides is 3. The molecule has 1 amide bonds. The molecular formula is C21H18ClF3N4O2. The largest absolute Gasteiger partial charge is 0.497 e. The summed E-state index contributed by atoms with van der Waals surface area (Å²) in [7, 11) is 1.52. The van der Waals surface area contributed by atoms with Crippen molar-refractivity contribution in [2.75, 3.05) is 17.7 Å². The number of nitrogens with one attached hydrogen (secondary N) is 2. The highest BCUT2D eigenvalue weighted by Crippen LogP contribution is 2.43. The second-order valence-corrected chi connectivity index (χ2v) is 7.52. The number of amides is 1. The fourth-order valence-corrected chi connectivity index (χ4v) is 3.59. The number of carbonyl (C=O) groups is 1. The van der Waals surface area contributed by atoms with E-state index in [4.69, 9.17) is 16.3 Å². The Morgan fingerprint density at radius 1 is 1.19 bits per heavy atom. The third-order valence-corrected chi connectivity index (χ3v) is 5.29. The Labute approximate surface area is 181 Å². The first-order valence-electron chi connectivity index (χ1n) is 9.38. The number of fused-ring (bicyclic) bond motifs is 1. The number of nitrogens with zero attached hydrogens (tertiary/aromatic N) is 2. The summed E-state index contributed by atoms with van der Waals surface area (Å²) in [6, 6.07) is 12.0. The molecule has 1 aromatic heterocycles. The zero-order chi connectivity index (χ0) is 22.2. The molecule has 2 heterocycles. The van der Waals surface area contributed by atoms with E-state index >= 15 is 0 Å². The first-order valence-corrected chi connectivity index (χ1v) is 9.76.